The average Bonchev–Trinajstić information content (AvgIpc) is 3.37. The van der Waals surface area contributed by atoms with E-state index in [1.807, 2.05) is 72.8 Å². The second-order valence-corrected chi connectivity index (χ2v) is 9.55. The third kappa shape index (κ3) is 6.22. The van der Waals surface area contributed by atoms with E-state index >= 15 is 0 Å². The number of likely N-dealkylation sites (tertiary alicyclic amines) is 1. The molecular formula is C31H33N3O3. The van der Waals surface area contributed by atoms with Gasteiger partial charge in [0.15, 0.2) is 5.54 Å². The van der Waals surface area contributed by atoms with Crippen LogP contribution in [0, 0.1) is 0 Å². The lowest BCUT2D eigenvalue weighted by atomic mass is 9.95. The van der Waals surface area contributed by atoms with E-state index in [1.54, 1.807) is 13.0 Å². The van der Waals surface area contributed by atoms with Crippen LogP contribution in [0.3, 0.4) is 0 Å². The number of para-hydroxylation sites is 1. The first-order valence-corrected chi connectivity index (χ1v) is 12.6. The van der Waals surface area contributed by atoms with Crippen LogP contribution in [-0.4, -0.2) is 45.7 Å². The van der Waals surface area contributed by atoms with Crippen molar-refractivity contribution in [2.75, 3.05) is 11.9 Å². The van der Waals surface area contributed by atoms with Crippen LogP contribution in [0.15, 0.2) is 103 Å². The standard InChI is InChI=1S/C31H33N3O3/c1-3-20-31(2,30(36)37)33-28(24-15-8-5-9-16-24)25-17-10-11-18-26(25)32-29(35)27-19-12-21-34(27)22-23-13-6-4-7-14-23/h3-11,13-18,27H,1,12,19-22H2,2H3,(H,32,35)(H,36,37)/t27-,31-/m0/s1. The number of benzene rings is 3. The highest BCUT2D eigenvalue weighted by atomic mass is 16.4. The molecule has 1 aliphatic rings. The summed E-state index contributed by atoms with van der Waals surface area (Å²) in [7, 11) is 0. The normalized spacial score (nSPS) is 17.6. The molecule has 1 heterocycles. The molecule has 3 aromatic rings. The molecule has 0 aromatic heterocycles. The van der Waals surface area contributed by atoms with E-state index in [0.717, 1.165) is 31.5 Å². The van der Waals surface area contributed by atoms with Crippen LogP contribution in [0.25, 0.3) is 0 Å². The number of nitrogens with one attached hydrogen (secondary N) is 1. The molecule has 2 atom stereocenters. The van der Waals surface area contributed by atoms with Gasteiger partial charge in [-0.25, -0.2) is 4.79 Å². The highest BCUT2D eigenvalue weighted by Gasteiger charge is 2.34. The second-order valence-electron chi connectivity index (χ2n) is 9.55. The van der Waals surface area contributed by atoms with Crippen molar-refractivity contribution in [3.8, 4) is 0 Å². The molecule has 0 unspecified atom stereocenters. The van der Waals surface area contributed by atoms with Crippen molar-refractivity contribution in [1.29, 1.82) is 0 Å². The molecule has 0 bridgehead atoms. The van der Waals surface area contributed by atoms with Gasteiger partial charge >= 0.3 is 5.97 Å². The number of carboxylic acid groups (broad SMARTS) is 1. The lowest BCUT2D eigenvalue weighted by Gasteiger charge is -2.25. The van der Waals surface area contributed by atoms with Gasteiger partial charge in [0.1, 0.15) is 0 Å². The smallest absolute Gasteiger partial charge is 0.331 e. The Kier molecular flexibility index (Phi) is 8.31. The molecule has 6 nitrogen and oxygen atoms in total. The zero-order chi connectivity index (χ0) is 26.3. The molecule has 1 saturated heterocycles. The Hall–Kier alpha value is -4.03. The van der Waals surface area contributed by atoms with Crippen molar-refractivity contribution in [1.82, 2.24) is 4.90 Å². The summed E-state index contributed by atoms with van der Waals surface area (Å²) in [5.41, 5.74) is 2.33. The summed E-state index contributed by atoms with van der Waals surface area (Å²) in [6, 6.07) is 26.8. The number of hydrogen-bond acceptors (Lipinski definition) is 4. The zero-order valence-corrected chi connectivity index (χ0v) is 21.1. The molecule has 37 heavy (non-hydrogen) atoms. The first-order chi connectivity index (χ1) is 17.9. The molecule has 1 fully saturated rings. The Bertz CT molecular complexity index is 1270. The fourth-order valence-corrected chi connectivity index (χ4v) is 4.73. The van der Waals surface area contributed by atoms with E-state index < -0.39 is 11.5 Å². The van der Waals surface area contributed by atoms with Gasteiger partial charge in [0.2, 0.25) is 5.91 Å². The molecule has 0 radical (unpaired) electrons. The fraction of sp³-hybridized carbons (Fsp3) is 0.258. The summed E-state index contributed by atoms with van der Waals surface area (Å²) in [4.78, 5) is 32.7. The van der Waals surface area contributed by atoms with Crippen molar-refractivity contribution in [3.05, 3.63) is 114 Å². The highest BCUT2D eigenvalue weighted by Crippen LogP contribution is 2.27. The monoisotopic (exact) mass is 495 g/mol. The third-order valence-electron chi connectivity index (χ3n) is 6.74. The summed E-state index contributed by atoms with van der Waals surface area (Å²) in [6.45, 7) is 6.89. The van der Waals surface area contributed by atoms with Crippen LogP contribution in [0.5, 0.6) is 0 Å². The molecule has 3 aromatic carbocycles. The van der Waals surface area contributed by atoms with Crippen molar-refractivity contribution in [3.63, 3.8) is 0 Å². The van der Waals surface area contributed by atoms with E-state index in [9.17, 15) is 14.7 Å². The van der Waals surface area contributed by atoms with E-state index in [1.165, 1.54) is 5.56 Å². The number of nitrogens with zero attached hydrogens (tertiary/aromatic N) is 2. The molecule has 2 N–H and O–H groups in total. The highest BCUT2D eigenvalue weighted by molar-refractivity contribution is 6.18. The summed E-state index contributed by atoms with van der Waals surface area (Å²) < 4.78 is 0. The maximum atomic E-state index is 13.5. The SMILES string of the molecule is C=CC[C@](C)(N=C(c1ccccc1)c1ccccc1NC(=O)[C@@H]1CCCN1Cc1ccccc1)C(=O)O. The summed E-state index contributed by atoms with van der Waals surface area (Å²) in [6.07, 6.45) is 3.48. The zero-order valence-electron chi connectivity index (χ0n) is 21.1. The minimum atomic E-state index is -1.40. The Balaban J connectivity index is 1.67. The third-order valence-corrected chi connectivity index (χ3v) is 6.74. The van der Waals surface area contributed by atoms with Gasteiger partial charge in [0, 0.05) is 24.1 Å². The summed E-state index contributed by atoms with van der Waals surface area (Å²) in [5, 5.41) is 13.1. The Morgan fingerprint density at radius 1 is 1.05 bits per heavy atom. The number of anilines is 1. The van der Waals surface area contributed by atoms with Gasteiger partial charge in [-0.05, 0) is 37.9 Å². The second kappa shape index (κ2) is 11.8. The molecule has 1 amide bonds. The predicted molar refractivity (Wildman–Crippen MR) is 148 cm³/mol. The Labute approximate surface area is 218 Å². The Morgan fingerprint density at radius 3 is 2.38 bits per heavy atom. The van der Waals surface area contributed by atoms with Gasteiger partial charge in [-0.1, -0.05) is 84.9 Å². The maximum absolute atomic E-state index is 13.5. The molecule has 0 saturated carbocycles. The van der Waals surface area contributed by atoms with Gasteiger partial charge < -0.3 is 10.4 Å². The molecule has 4 rings (SSSR count). The van der Waals surface area contributed by atoms with Crippen LogP contribution >= 0.6 is 0 Å². The van der Waals surface area contributed by atoms with Gasteiger partial charge in [-0.15, -0.1) is 6.58 Å². The first kappa shape index (κ1) is 26.0. The predicted octanol–water partition coefficient (Wildman–Crippen LogP) is 5.55. The number of aliphatic imine (C=N–C) groups is 1. The quantitative estimate of drug-likeness (QED) is 0.286. The van der Waals surface area contributed by atoms with E-state index in [-0.39, 0.29) is 18.4 Å². The van der Waals surface area contributed by atoms with Crippen molar-refractivity contribution < 1.29 is 14.7 Å². The van der Waals surface area contributed by atoms with E-state index in [0.29, 0.717) is 17.0 Å². The van der Waals surface area contributed by atoms with Crippen molar-refractivity contribution in [2.45, 2.75) is 44.3 Å². The lowest BCUT2D eigenvalue weighted by Crippen LogP contribution is -2.39. The van der Waals surface area contributed by atoms with Crippen LogP contribution in [0.2, 0.25) is 0 Å². The van der Waals surface area contributed by atoms with Crippen molar-refractivity contribution in [2.24, 2.45) is 4.99 Å². The van der Waals surface area contributed by atoms with Crippen LogP contribution in [0.4, 0.5) is 5.69 Å². The summed E-state index contributed by atoms with van der Waals surface area (Å²) >= 11 is 0. The average molecular weight is 496 g/mol. The van der Waals surface area contributed by atoms with E-state index in [4.69, 9.17) is 4.99 Å². The van der Waals surface area contributed by atoms with Gasteiger partial charge in [-0.2, -0.15) is 0 Å². The maximum Gasteiger partial charge on any atom is 0.331 e. The van der Waals surface area contributed by atoms with Crippen LogP contribution in [-0.2, 0) is 16.1 Å². The van der Waals surface area contributed by atoms with Gasteiger partial charge in [0.25, 0.3) is 0 Å². The topological polar surface area (TPSA) is 82.0 Å². The molecule has 6 heteroatoms. The molecule has 190 valence electrons. The van der Waals surface area contributed by atoms with Crippen molar-refractivity contribution >= 4 is 23.3 Å². The fourth-order valence-electron chi connectivity index (χ4n) is 4.73. The molecular weight excluding hydrogens is 462 g/mol. The van der Waals surface area contributed by atoms with Crippen LogP contribution in [0.1, 0.15) is 42.9 Å². The van der Waals surface area contributed by atoms with E-state index in [2.05, 4.69) is 28.9 Å². The first-order valence-electron chi connectivity index (χ1n) is 12.6. The largest absolute Gasteiger partial charge is 0.479 e. The number of rotatable bonds is 10. The number of hydrogen-bond donors (Lipinski definition) is 2. The number of carbonyl (C=O) groups excluding carboxylic acids is 1. The number of carboxylic acids is 1. The number of aliphatic carboxylic acids is 1. The van der Waals surface area contributed by atoms with Gasteiger partial charge in [-0.3, -0.25) is 14.7 Å². The minimum absolute atomic E-state index is 0.0691. The molecule has 0 aliphatic carbocycles. The van der Waals surface area contributed by atoms with Gasteiger partial charge in [0.05, 0.1) is 17.4 Å². The van der Waals surface area contributed by atoms with Crippen LogP contribution < -0.4 is 5.32 Å². The number of carbonyl (C=O) groups is 2. The lowest BCUT2D eigenvalue weighted by molar-refractivity contribution is -0.142. The molecule has 0 spiro atoms. The summed E-state index contributed by atoms with van der Waals surface area (Å²) in [5.74, 6) is -1.11. The minimum Gasteiger partial charge on any atom is -0.479 e. The Morgan fingerprint density at radius 2 is 1.70 bits per heavy atom. The number of amides is 1. The molecule has 1 aliphatic heterocycles.